The zero-order valence-corrected chi connectivity index (χ0v) is 13.0. The number of rotatable bonds is 6. The Kier molecular flexibility index (Phi) is 5.04. The van der Waals surface area contributed by atoms with Gasteiger partial charge in [-0.15, -0.1) is 0 Å². The average Bonchev–Trinajstić information content (AvgIpc) is 2.47. The van der Waals surface area contributed by atoms with Crippen LogP contribution in [0.4, 0.5) is 0 Å². The number of benzene rings is 2. The van der Waals surface area contributed by atoms with Gasteiger partial charge in [-0.1, -0.05) is 0 Å². The van der Waals surface area contributed by atoms with Crippen molar-refractivity contribution in [1.29, 1.82) is 0 Å². The van der Waals surface area contributed by atoms with E-state index < -0.39 is 0 Å². The monoisotopic (exact) mass is 300 g/mol. The molecule has 0 unspecified atom stereocenters. The van der Waals surface area contributed by atoms with E-state index in [1.807, 2.05) is 20.8 Å². The van der Waals surface area contributed by atoms with Gasteiger partial charge in [-0.05, 0) is 57.2 Å². The Labute approximate surface area is 130 Å². The lowest BCUT2D eigenvalue weighted by Crippen LogP contribution is -2.06. The normalized spacial score (nSPS) is 10.5. The Hall–Kier alpha value is -2.49. The van der Waals surface area contributed by atoms with Crippen molar-refractivity contribution in [3.63, 3.8) is 0 Å². The molecule has 0 heterocycles. The molecule has 0 aliphatic heterocycles. The van der Waals surface area contributed by atoms with Gasteiger partial charge in [0.1, 0.15) is 17.2 Å². The Morgan fingerprint density at radius 1 is 1.09 bits per heavy atom. The molecule has 4 nitrogen and oxygen atoms in total. The molecule has 2 rings (SSSR count). The van der Waals surface area contributed by atoms with Crippen LogP contribution >= 0.6 is 0 Å². The molecule has 0 aliphatic rings. The van der Waals surface area contributed by atoms with E-state index in [0.29, 0.717) is 23.7 Å². The van der Waals surface area contributed by atoms with Crippen molar-refractivity contribution in [2.45, 2.75) is 26.9 Å². The molecule has 0 spiro atoms. The van der Waals surface area contributed by atoms with Crippen LogP contribution in [0.2, 0.25) is 0 Å². The topological polar surface area (TPSA) is 55.8 Å². The van der Waals surface area contributed by atoms with E-state index in [0.717, 1.165) is 0 Å². The molecule has 4 heteroatoms. The smallest absolute Gasteiger partial charge is 0.196 e. The number of phenolic OH excluding ortho intramolecular Hbond substituents is 1. The average molecular weight is 300 g/mol. The van der Waals surface area contributed by atoms with Crippen LogP contribution in [0.15, 0.2) is 42.5 Å². The predicted octanol–water partition coefficient (Wildman–Crippen LogP) is 3.81. The zero-order valence-electron chi connectivity index (χ0n) is 13.0. The van der Waals surface area contributed by atoms with Crippen molar-refractivity contribution < 1.29 is 19.4 Å². The zero-order chi connectivity index (χ0) is 16.1. The highest BCUT2D eigenvalue weighted by Crippen LogP contribution is 2.27. The molecular formula is C18H20O4. The van der Waals surface area contributed by atoms with Crippen molar-refractivity contribution >= 4 is 5.78 Å². The Bertz CT molecular complexity index is 645. The number of hydrogen-bond acceptors (Lipinski definition) is 4. The summed E-state index contributed by atoms with van der Waals surface area (Å²) < 4.78 is 10.8. The second-order valence-electron chi connectivity index (χ2n) is 5.13. The number of phenols is 1. The molecule has 0 saturated heterocycles. The van der Waals surface area contributed by atoms with Gasteiger partial charge in [-0.3, -0.25) is 4.79 Å². The summed E-state index contributed by atoms with van der Waals surface area (Å²) >= 11 is 0. The van der Waals surface area contributed by atoms with Crippen LogP contribution in [0.25, 0.3) is 0 Å². The lowest BCUT2D eigenvalue weighted by atomic mass is 10.0. The first-order valence-corrected chi connectivity index (χ1v) is 7.28. The number of carbonyl (C=O) groups excluding carboxylic acids is 1. The van der Waals surface area contributed by atoms with Crippen molar-refractivity contribution in [3.05, 3.63) is 53.6 Å². The van der Waals surface area contributed by atoms with E-state index >= 15 is 0 Å². The Morgan fingerprint density at radius 3 is 2.27 bits per heavy atom. The first-order chi connectivity index (χ1) is 10.5. The predicted molar refractivity (Wildman–Crippen MR) is 84.9 cm³/mol. The fourth-order valence-electron chi connectivity index (χ4n) is 2.07. The maximum absolute atomic E-state index is 12.4. The van der Waals surface area contributed by atoms with Crippen LogP contribution in [0, 0.1) is 0 Å². The summed E-state index contributed by atoms with van der Waals surface area (Å²) in [5.74, 6) is 0.924. The van der Waals surface area contributed by atoms with Gasteiger partial charge in [0.05, 0.1) is 18.3 Å². The van der Waals surface area contributed by atoms with Crippen molar-refractivity contribution in [2.24, 2.45) is 0 Å². The van der Waals surface area contributed by atoms with E-state index in [4.69, 9.17) is 9.47 Å². The van der Waals surface area contributed by atoms with Gasteiger partial charge < -0.3 is 14.6 Å². The van der Waals surface area contributed by atoms with Crippen LogP contribution < -0.4 is 9.47 Å². The maximum atomic E-state index is 12.4. The molecule has 0 radical (unpaired) electrons. The minimum absolute atomic E-state index is 0.00654. The second-order valence-corrected chi connectivity index (χ2v) is 5.13. The molecule has 0 bridgehead atoms. The van der Waals surface area contributed by atoms with E-state index in [1.165, 1.54) is 6.07 Å². The standard InChI is InChI=1S/C18H20O4/c1-4-21-14-7-5-13(6-8-14)18(20)16-10-9-15(11-17(16)19)22-12(2)3/h5-12,19H,4H2,1-3H3. The largest absolute Gasteiger partial charge is 0.507 e. The molecule has 0 aliphatic carbocycles. The molecule has 2 aromatic rings. The molecule has 116 valence electrons. The maximum Gasteiger partial charge on any atom is 0.196 e. The van der Waals surface area contributed by atoms with E-state index in [2.05, 4.69) is 0 Å². The van der Waals surface area contributed by atoms with Gasteiger partial charge in [0.15, 0.2) is 5.78 Å². The number of hydrogen-bond donors (Lipinski definition) is 1. The molecule has 0 atom stereocenters. The first-order valence-electron chi connectivity index (χ1n) is 7.28. The van der Waals surface area contributed by atoms with Crippen molar-refractivity contribution in [3.8, 4) is 17.2 Å². The summed E-state index contributed by atoms with van der Waals surface area (Å²) in [6, 6.07) is 11.6. The summed E-state index contributed by atoms with van der Waals surface area (Å²) in [6.45, 7) is 6.27. The number of aromatic hydroxyl groups is 1. The molecule has 0 amide bonds. The van der Waals surface area contributed by atoms with Gasteiger partial charge in [-0.25, -0.2) is 0 Å². The lowest BCUT2D eigenvalue weighted by molar-refractivity contribution is 0.103. The summed E-state index contributed by atoms with van der Waals surface area (Å²) in [5, 5.41) is 10.0. The molecule has 0 aromatic heterocycles. The van der Waals surface area contributed by atoms with Crippen LogP contribution in [0.5, 0.6) is 17.2 Å². The third-order valence-corrected chi connectivity index (χ3v) is 3.01. The fraction of sp³-hybridized carbons (Fsp3) is 0.278. The summed E-state index contributed by atoms with van der Waals surface area (Å²) in [4.78, 5) is 12.4. The third-order valence-electron chi connectivity index (χ3n) is 3.01. The van der Waals surface area contributed by atoms with Gasteiger partial charge in [-0.2, -0.15) is 0 Å². The highest BCUT2D eigenvalue weighted by molar-refractivity contribution is 6.10. The van der Waals surface area contributed by atoms with Crippen LogP contribution in [0.1, 0.15) is 36.7 Å². The van der Waals surface area contributed by atoms with Crippen molar-refractivity contribution in [1.82, 2.24) is 0 Å². The number of carbonyl (C=O) groups is 1. The van der Waals surface area contributed by atoms with E-state index in [1.54, 1.807) is 36.4 Å². The van der Waals surface area contributed by atoms with Gasteiger partial charge in [0.2, 0.25) is 0 Å². The number of ether oxygens (including phenoxy) is 2. The molecule has 1 N–H and O–H groups in total. The Morgan fingerprint density at radius 2 is 1.73 bits per heavy atom. The van der Waals surface area contributed by atoms with Gasteiger partial charge in [0.25, 0.3) is 0 Å². The minimum atomic E-state index is -0.239. The summed E-state index contributed by atoms with van der Waals surface area (Å²) in [7, 11) is 0. The van der Waals surface area contributed by atoms with Gasteiger partial charge >= 0.3 is 0 Å². The molecule has 0 fully saturated rings. The second kappa shape index (κ2) is 6.98. The quantitative estimate of drug-likeness (QED) is 0.824. The Balaban J connectivity index is 2.21. The summed E-state index contributed by atoms with van der Waals surface area (Å²) in [5.41, 5.74) is 0.747. The molecule has 2 aromatic carbocycles. The summed E-state index contributed by atoms with van der Waals surface area (Å²) in [6.07, 6.45) is 0.00654. The number of ketones is 1. The van der Waals surface area contributed by atoms with Crippen LogP contribution in [0.3, 0.4) is 0 Å². The minimum Gasteiger partial charge on any atom is -0.507 e. The highest BCUT2D eigenvalue weighted by Gasteiger charge is 2.14. The van der Waals surface area contributed by atoms with Crippen molar-refractivity contribution in [2.75, 3.05) is 6.61 Å². The molecular weight excluding hydrogens is 280 g/mol. The fourth-order valence-corrected chi connectivity index (χ4v) is 2.07. The SMILES string of the molecule is CCOc1ccc(C(=O)c2ccc(OC(C)C)cc2O)cc1. The van der Waals surface area contributed by atoms with Crippen LogP contribution in [-0.2, 0) is 0 Å². The highest BCUT2D eigenvalue weighted by atomic mass is 16.5. The van der Waals surface area contributed by atoms with Gasteiger partial charge in [0, 0.05) is 11.6 Å². The van der Waals surface area contributed by atoms with E-state index in [9.17, 15) is 9.90 Å². The lowest BCUT2D eigenvalue weighted by Gasteiger charge is -2.11. The third kappa shape index (κ3) is 3.79. The first kappa shape index (κ1) is 15.9. The van der Waals surface area contributed by atoms with E-state index in [-0.39, 0.29) is 23.2 Å². The molecule has 22 heavy (non-hydrogen) atoms. The molecule has 0 saturated carbocycles. The van der Waals surface area contributed by atoms with Crippen LogP contribution in [-0.4, -0.2) is 23.6 Å².